The smallest absolute Gasteiger partial charge is 0.333 e. The van der Waals surface area contributed by atoms with E-state index in [2.05, 4.69) is 27.4 Å². The number of carbonyl (C=O) groups is 1. The Morgan fingerprint density at radius 3 is 2.62 bits per heavy atom. The van der Waals surface area contributed by atoms with Gasteiger partial charge in [0.2, 0.25) is 0 Å². The number of esters is 1. The highest BCUT2D eigenvalue weighted by molar-refractivity contribution is 5.86. The zero-order chi connectivity index (χ0) is 15.5. The average Bonchev–Trinajstić information content (AvgIpc) is 2.96. The number of rotatable bonds is 3. The van der Waals surface area contributed by atoms with Crippen LogP contribution in [0.15, 0.2) is 12.2 Å². The van der Waals surface area contributed by atoms with E-state index in [1.165, 1.54) is 6.42 Å². The summed E-state index contributed by atoms with van der Waals surface area (Å²) in [6.07, 6.45) is 3.19. The zero-order valence-electron chi connectivity index (χ0n) is 13.5. The lowest BCUT2D eigenvalue weighted by atomic mass is 9.68. The summed E-state index contributed by atoms with van der Waals surface area (Å²) in [6, 6.07) is 0. The summed E-state index contributed by atoms with van der Waals surface area (Å²) in [7, 11) is 0. The van der Waals surface area contributed by atoms with Crippen LogP contribution in [0.5, 0.6) is 0 Å². The molecule has 4 atom stereocenters. The van der Waals surface area contributed by atoms with E-state index in [1.807, 2.05) is 0 Å². The predicted molar refractivity (Wildman–Crippen MR) is 78.6 cm³/mol. The molecule has 0 aromatic carbocycles. The summed E-state index contributed by atoms with van der Waals surface area (Å²) in [5.74, 6) is -0.196. The predicted octanol–water partition coefficient (Wildman–Crippen LogP) is 3.06. The van der Waals surface area contributed by atoms with Crippen molar-refractivity contribution in [3.05, 3.63) is 12.2 Å². The molecule has 1 spiro atoms. The minimum absolute atomic E-state index is 0.0395. The van der Waals surface area contributed by atoms with Gasteiger partial charge >= 0.3 is 5.97 Å². The van der Waals surface area contributed by atoms with Gasteiger partial charge in [-0.25, -0.2) is 4.79 Å². The normalized spacial score (nSPS) is 43.4. The first-order chi connectivity index (χ1) is 9.72. The van der Waals surface area contributed by atoms with Gasteiger partial charge in [0, 0.05) is 17.4 Å². The lowest BCUT2D eigenvalue weighted by Gasteiger charge is -2.44. The minimum Gasteiger partial charge on any atom is -0.459 e. The topological polar surface area (TPSA) is 44.8 Å². The molecular weight excluding hydrogens is 268 g/mol. The van der Waals surface area contributed by atoms with Gasteiger partial charge in [0.25, 0.3) is 0 Å². The first-order valence-corrected chi connectivity index (χ1v) is 7.86. The maximum Gasteiger partial charge on any atom is 0.333 e. The van der Waals surface area contributed by atoms with Gasteiger partial charge in [-0.05, 0) is 31.1 Å². The van der Waals surface area contributed by atoms with E-state index in [9.17, 15) is 4.79 Å². The molecule has 4 nitrogen and oxygen atoms in total. The van der Waals surface area contributed by atoms with Crippen LogP contribution in [0, 0.1) is 16.7 Å². The molecule has 21 heavy (non-hydrogen) atoms. The first kappa shape index (κ1) is 15.0. The second-order valence-electron chi connectivity index (χ2n) is 7.68. The van der Waals surface area contributed by atoms with E-state index in [1.54, 1.807) is 6.92 Å². The van der Waals surface area contributed by atoms with Crippen molar-refractivity contribution in [3.8, 4) is 0 Å². The number of fused-ring (bicyclic) bond motifs is 3. The van der Waals surface area contributed by atoms with Crippen LogP contribution in [-0.4, -0.2) is 31.1 Å². The molecule has 3 fully saturated rings. The second-order valence-corrected chi connectivity index (χ2v) is 7.68. The Labute approximate surface area is 126 Å². The Bertz CT molecular complexity index is 483. The van der Waals surface area contributed by atoms with E-state index in [-0.39, 0.29) is 29.5 Å². The van der Waals surface area contributed by atoms with Crippen LogP contribution in [0.1, 0.15) is 47.0 Å². The van der Waals surface area contributed by atoms with Gasteiger partial charge in [0.05, 0.1) is 6.61 Å². The van der Waals surface area contributed by atoms with E-state index in [0.717, 1.165) is 12.8 Å². The molecule has 2 saturated carbocycles. The molecule has 0 amide bonds. The first-order valence-electron chi connectivity index (χ1n) is 7.86. The standard InChI is InChI=1S/C17H26O4/c1-11(2)14(18)19-9-13-10-20-17(21-13)8-12-6-7-16(17,5)15(12,3)4/h12-13H,1,6-10H2,2-5H3/t12-,13?,16-,17?/m1/s1. The number of ether oxygens (including phenoxy) is 3. The van der Waals surface area contributed by atoms with Gasteiger partial charge in [-0.3, -0.25) is 0 Å². The van der Waals surface area contributed by atoms with Crippen LogP contribution in [0.4, 0.5) is 0 Å². The molecule has 0 N–H and O–H groups in total. The summed E-state index contributed by atoms with van der Waals surface area (Å²) >= 11 is 0. The third-order valence-electron chi connectivity index (χ3n) is 6.40. The summed E-state index contributed by atoms with van der Waals surface area (Å²) in [5.41, 5.74) is 0.685. The van der Waals surface area contributed by atoms with Crippen LogP contribution >= 0.6 is 0 Å². The molecule has 3 aliphatic rings. The summed E-state index contributed by atoms with van der Waals surface area (Å²) in [6.45, 7) is 12.9. The number of hydrogen-bond donors (Lipinski definition) is 0. The SMILES string of the molecule is C=C(C)C(=O)OCC1COC2(C[C@H]3CC[C@]2(C)C3(C)C)O1. The molecule has 3 rings (SSSR count). The molecule has 4 heteroatoms. The van der Waals surface area contributed by atoms with Crippen molar-refractivity contribution in [2.45, 2.75) is 58.8 Å². The Morgan fingerprint density at radius 2 is 2.10 bits per heavy atom. The minimum atomic E-state index is -0.486. The van der Waals surface area contributed by atoms with Gasteiger partial charge in [0.1, 0.15) is 12.7 Å². The zero-order valence-corrected chi connectivity index (χ0v) is 13.5. The van der Waals surface area contributed by atoms with Crippen molar-refractivity contribution in [3.63, 3.8) is 0 Å². The van der Waals surface area contributed by atoms with Crippen molar-refractivity contribution in [2.24, 2.45) is 16.7 Å². The Kier molecular flexibility index (Phi) is 3.27. The maximum absolute atomic E-state index is 11.5. The Balaban J connectivity index is 1.68. The molecule has 1 saturated heterocycles. The Morgan fingerprint density at radius 1 is 1.38 bits per heavy atom. The van der Waals surface area contributed by atoms with Gasteiger partial charge in [-0.1, -0.05) is 27.4 Å². The Hall–Kier alpha value is -0.870. The molecule has 2 bridgehead atoms. The molecular formula is C17H26O4. The molecule has 0 aromatic rings. The van der Waals surface area contributed by atoms with Crippen LogP contribution in [0.25, 0.3) is 0 Å². The number of carbonyl (C=O) groups excluding carboxylic acids is 1. The van der Waals surface area contributed by atoms with Crippen molar-refractivity contribution in [1.29, 1.82) is 0 Å². The summed E-state index contributed by atoms with van der Waals surface area (Å²) < 4.78 is 17.6. The lowest BCUT2D eigenvalue weighted by molar-refractivity contribution is -0.247. The van der Waals surface area contributed by atoms with E-state index >= 15 is 0 Å². The van der Waals surface area contributed by atoms with Gasteiger partial charge < -0.3 is 14.2 Å². The molecule has 1 aliphatic heterocycles. The summed E-state index contributed by atoms with van der Waals surface area (Å²) in [4.78, 5) is 11.5. The molecule has 0 aromatic heterocycles. The fourth-order valence-corrected chi connectivity index (χ4v) is 4.52. The lowest BCUT2D eigenvalue weighted by Crippen LogP contribution is -2.48. The fraction of sp³-hybridized carbons (Fsp3) is 0.824. The highest BCUT2D eigenvalue weighted by Crippen LogP contribution is 2.72. The van der Waals surface area contributed by atoms with Crippen molar-refractivity contribution in [2.75, 3.05) is 13.2 Å². The third-order valence-corrected chi connectivity index (χ3v) is 6.40. The highest BCUT2D eigenvalue weighted by Gasteiger charge is 2.72. The van der Waals surface area contributed by atoms with Crippen molar-refractivity contribution >= 4 is 5.97 Å². The maximum atomic E-state index is 11.5. The fourth-order valence-electron chi connectivity index (χ4n) is 4.52. The molecule has 2 unspecified atom stereocenters. The number of hydrogen-bond acceptors (Lipinski definition) is 4. The second kappa shape index (κ2) is 4.56. The summed E-state index contributed by atoms with van der Waals surface area (Å²) in [5, 5.41) is 0. The van der Waals surface area contributed by atoms with Crippen molar-refractivity contribution < 1.29 is 19.0 Å². The largest absolute Gasteiger partial charge is 0.459 e. The molecule has 1 heterocycles. The van der Waals surface area contributed by atoms with Crippen LogP contribution in [0.2, 0.25) is 0 Å². The van der Waals surface area contributed by atoms with Gasteiger partial charge in [-0.2, -0.15) is 0 Å². The van der Waals surface area contributed by atoms with Crippen LogP contribution in [-0.2, 0) is 19.0 Å². The third kappa shape index (κ3) is 1.92. The van der Waals surface area contributed by atoms with Crippen molar-refractivity contribution in [1.82, 2.24) is 0 Å². The average molecular weight is 294 g/mol. The van der Waals surface area contributed by atoms with Gasteiger partial charge in [-0.15, -0.1) is 0 Å². The molecule has 0 radical (unpaired) electrons. The van der Waals surface area contributed by atoms with E-state index in [4.69, 9.17) is 14.2 Å². The van der Waals surface area contributed by atoms with Gasteiger partial charge in [0.15, 0.2) is 5.79 Å². The van der Waals surface area contributed by atoms with Crippen LogP contribution < -0.4 is 0 Å². The van der Waals surface area contributed by atoms with E-state index < -0.39 is 5.79 Å². The van der Waals surface area contributed by atoms with E-state index in [0.29, 0.717) is 18.1 Å². The quantitative estimate of drug-likeness (QED) is 0.593. The van der Waals surface area contributed by atoms with Crippen LogP contribution in [0.3, 0.4) is 0 Å². The molecule has 118 valence electrons. The monoisotopic (exact) mass is 294 g/mol. The highest BCUT2D eigenvalue weighted by atomic mass is 16.8. The molecule has 2 aliphatic carbocycles.